The molecule has 0 radical (unpaired) electrons. The molecule has 12 heavy (non-hydrogen) atoms. The van der Waals surface area contributed by atoms with Crippen LogP contribution in [0.25, 0.3) is 0 Å². The molecule has 72 valence electrons. The van der Waals surface area contributed by atoms with Crippen LogP contribution < -0.4 is 5.73 Å². The average Bonchev–Trinajstić information content (AvgIpc) is 1.93. The minimum atomic E-state index is 0.661. The molecule has 0 saturated heterocycles. The second kappa shape index (κ2) is 4.83. The molecular formula is C10H22N2. The summed E-state index contributed by atoms with van der Waals surface area (Å²) in [6, 6.07) is 0.661. The van der Waals surface area contributed by atoms with Gasteiger partial charge in [0.05, 0.1) is 0 Å². The van der Waals surface area contributed by atoms with Crippen molar-refractivity contribution in [1.29, 1.82) is 0 Å². The highest BCUT2D eigenvalue weighted by Crippen LogP contribution is 2.27. The summed E-state index contributed by atoms with van der Waals surface area (Å²) in [4.78, 5) is 2.50. The number of nitrogens with two attached hydrogens (primary N) is 1. The van der Waals surface area contributed by atoms with Crippen LogP contribution in [0.15, 0.2) is 0 Å². The summed E-state index contributed by atoms with van der Waals surface area (Å²) < 4.78 is 0. The van der Waals surface area contributed by atoms with Gasteiger partial charge in [-0.15, -0.1) is 0 Å². The minimum Gasteiger partial charge on any atom is -0.329 e. The van der Waals surface area contributed by atoms with Gasteiger partial charge in [0, 0.05) is 25.7 Å². The van der Waals surface area contributed by atoms with Crippen LogP contribution in [-0.4, -0.2) is 30.6 Å². The van der Waals surface area contributed by atoms with E-state index in [2.05, 4.69) is 18.7 Å². The van der Waals surface area contributed by atoms with E-state index in [1.807, 2.05) is 0 Å². The smallest absolute Gasteiger partial charge is 0.0107 e. The molecule has 2 heteroatoms. The van der Waals surface area contributed by atoms with Crippen molar-refractivity contribution in [2.45, 2.75) is 39.2 Å². The van der Waals surface area contributed by atoms with E-state index in [1.54, 1.807) is 0 Å². The third-order valence-electron chi connectivity index (χ3n) is 2.86. The van der Waals surface area contributed by atoms with Crippen LogP contribution in [0, 0.1) is 5.92 Å². The quantitative estimate of drug-likeness (QED) is 0.677. The Balaban J connectivity index is 2.21. The first kappa shape index (κ1) is 10.0. The minimum absolute atomic E-state index is 0.661. The zero-order valence-electron chi connectivity index (χ0n) is 8.42. The van der Waals surface area contributed by atoms with E-state index >= 15 is 0 Å². The molecule has 0 amide bonds. The van der Waals surface area contributed by atoms with Crippen LogP contribution in [0.5, 0.6) is 0 Å². The molecule has 2 nitrogen and oxygen atoms in total. The second-order valence-electron chi connectivity index (χ2n) is 4.17. The summed E-state index contributed by atoms with van der Waals surface area (Å²) in [6.07, 6.45) is 4.32. The van der Waals surface area contributed by atoms with Crippen molar-refractivity contribution < 1.29 is 0 Å². The molecular weight excluding hydrogens is 148 g/mol. The molecule has 0 atom stereocenters. The fourth-order valence-corrected chi connectivity index (χ4v) is 1.73. The summed E-state index contributed by atoms with van der Waals surface area (Å²) in [7, 11) is 0. The molecule has 1 aliphatic rings. The summed E-state index contributed by atoms with van der Waals surface area (Å²) >= 11 is 0. The fourth-order valence-electron chi connectivity index (χ4n) is 1.73. The Kier molecular flexibility index (Phi) is 4.02. The number of nitrogens with zero attached hydrogens (tertiary/aromatic N) is 1. The first-order valence-electron chi connectivity index (χ1n) is 5.18. The Labute approximate surface area is 76.1 Å². The molecule has 0 bridgehead atoms. The summed E-state index contributed by atoms with van der Waals surface area (Å²) in [5.41, 5.74) is 5.56. The molecule has 1 aliphatic carbocycles. The summed E-state index contributed by atoms with van der Waals surface area (Å²) in [5, 5.41) is 0. The van der Waals surface area contributed by atoms with Crippen molar-refractivity contribution in [2.24, 2.45) is 11.7 Å². The maximum atomic E-state index is 5.56. The van der Waals surface area contributed by atoms with Crippen molar-refractivity contribution >= 4 is 0 Å². The van der Waals surface area contributed by atoms with E-state index in [1.165, 1.54) is 25.8 Å². The molecule has 0 spiro atoms. The Bertz CT molecular complexity index is 119. The van der Waals surface area contributed by atoms with Crippen LogP contribution in [-0.2, 0) is 0 Å². The molecule has 2 N–H and O–H groups in total. The van der Waals surface area contributed by atoms with Gasteiger partial charge in [-0.05, 0) is 32.6 Å². The SMILES string of the molecule is CC(C)N(CCN)CC1CCC1. The van der Waals surface area contributed by atoms with Gasteiger partial charge in [0.25, 0.3) is 0 Å². The fraction of sp³-hybridized carbons (Fsp3) is 1.00. The lowest BCUT2D eigenvalue weighted by Crippen LogP contribution is -2.40. The first-order chi connectivity index (χ1) is 5.74. The van der Waals surface area contributed by atoms with Crippen molar-refractivity contribution in [3.8, 4) is 0 Å². The van der Waals surface area contributed by atoms with Gasteiger partial charge in [0.15, 0.2) is 0 Å². The van der Waals surface area contributed by atoms with Crippen molar-refractivity contribution in [1.82, 2.24) is 4.90 Å². The van der Waals surface area contributed by atoms with Crippen LogP contribution in [0.2, 0.25) is 0 Å². The lowest BCUT2D eigenvalue weighted by atomic mass is 9.85. The van der Waals surface area contributed by atoms with Gasteiger partial charge in [-0.3, -0.25) is 4.90 Å². The second-order valence-corrected chi connectivity index (χ2v) is 4.17. The van der Waals surface area contributed by atoms with Gasteiger partial charge >= 0.3 is 0 Å². The van der Waals surface area contributed by atoms with Gasteiger partial charge < -0.3 is 5.73 Å². The number of hydrogen-bond acceptors (Lipinski definition) is 2. The van der Waals surface area contributed by atoms with Crippen molar-refractivity contribution in [3.05, 3.63) is 0 Å². The van der Waals surface area contributed by atoms with Gasteiger partial charge in [0.1, 0.15) is 0 Å². The van der Waals surface area contributed by atoms with E-state index in [-0.39, 0.29) is 0 Å². The molecule has 1 fully saturated rings. The van der Waals surface area contributed by atoms with Crippen LogP contribution in [0.4, 0.5) is 0 Å². The maximum absolute atomic E-state index is 5.56. The highest BCUT2D eigenvalue weighted by atomic mass is 15.2. The number of hydrogen-bond donors (Lipinski definition) is 1. The third-order valence-corrected chi connectivity index (χ3v) is 2.86. The molecule has 1 saturated carbocycles. The van der Waals surface area contributed by atoms with Gasteiger partial charge in [-0.2, -0.15) is 0 Å². The first-order valence-corrected chi connectivity index (χ1v) is 5.18. The normalized spacial score (nSPS) is 18.8. The van der Waals surface area contributed by atoms with Gasteiger partial charge in [0.2, 0.25) is 0 Å². The lowest BCUT2D eigenvalue weighted by molar-refractivity contribution is 0.151. The molecule has 0 aromatic rings. The predicted molar refractivity (Wildman–Crippen MR) is 53.1 cm³/mol. The van der Waals surface area contributed by atoms with E-state index in [0.29, 0.717) is 6.04 Å². The average molecular weight is 170 g/mol. The van der Waals surface area contributed by atoms with Crippen LogP contribution >= 0.6 is 0 Å². The standard InChI is InChI=1S/C10H22N2/c1-9(2)12(7-6-11)8-10-4-3-5-10/h9-10H,3-8,11H2,1-2H3. The Hall–Kier alpha value is -0.0800. The van der Waals surface area contributed by atoms with Crippen molar-refractivity contribution in [2.75, 3.05) is 19.6 Å². The number of rotatable bonds is 5. The van der Waals surface area contributed by atoms with E-state index in [9.17, 15) is 0 Å². The highest BCUT2D eigenvalue weighted by Gasteiger charge is 2.21. The molecule has 0 unspecified atom stereocenters. The molecule has 0 aromatic carbocycles. The highest BCUT2D eigenvalue weighted by molar-refractivity contribution is 4.75. The maximum Gasteiger partial charge on any atom is 0.0107 e. The predicted octanol–water partition coefficient (Wildman–Crippen LogP) is 1.46. The molecule has 0 aliphatic heterocycles. The Morgan fingerprint density at radius 2 is 2.08 bits per heavy atom. The Morgan fingerprint density at radius 3 is 2.42 bits per heavy atom. The summed E-state index contributed by atoms with van der Waals surface area (Å²) in [6.45, 7) is 7.65. The zero-order valence-corrected chi connectivity index (χ0v) is 8.42. The lowest BCUT2D eigenvalue weighted by Gasteiger charge is -2.34. The van der Waals surface area contributed by atoms with Gasteiger partial charge in [-0.25, -0.2) is 0 Å². The Morgan fingerprint density at radius 1 is 1.42 bits per heavy atom. The largest absolute Gasteiger partial charge is 0.329 e. The third kappa shape index (κ3) is 2.76. The van der Waals surface area contributed by atoms with Crippen molar-refractivity contribution in [3.63, 3.8) is 0 Å². The van der Waals surface area contributed by atoms with Gasteiger partial charge in [-0.1, -0.05) is 6.42 Å². The molecule has 0 heterocycles. The monoisotopic (exact) mass is 170 g/mol. The van der Waals surface area contributed by atoms with E-state index in [4.69, 9.17) is 5.73 Å². The van der Waals surface area contributed by atoms with E-state index < -0.39 is 0 Å². The molecule has 0 aromatic heterocycles. The van der Waals surface area contributed by atoms with Crippen LogP contribution in [0.3, 0.4) is 0 Å². The van der Waals surface area contributed by atoms with E-state index in [0.717, 1.165) is 19.0 Å². The summed E-state index contributed by atoms with van der Waals surface area (Å²) in [5.74, 6) is 0.971. The molecule has 1 rings (SSSR count). The van der Waals surface area contributed by atoms with Crippen LogP contribution in [0.1, 0.15) is 33.1 Å². The topological polar surface area (TPSA) is 29.3 Å². The zero-order chi connectivity index (χ0) is 8.97.